The molecule has 0 radical (unpaired) electrons. The van der Waals surface area contributed by atoms with Gasteiger partial charge in [-0.1, -0.05) is 31.2 Å². The second kappa shape index (κ2) is 12.0. The Balaban J connectivity index is 1.68. The minimum atomic E-state index is 0.0109. The zero-order valence-corrected chi connectivity index (χ0v) is 23.7. The van der Waals surface area contributed by atoms with Crippen LogP contribution >= 0.6 is 0 Å². The van der Waals surface area contributed by atoms with Gasteiger partial charge in [0.1, 0.15) is 28.8 Å². The Morgan fingerprint density at radius 1 is 0.829 bits per heavy atom. The highest BCUT2D eigenvalue weighted by molar-refractivity contribution is 5.95. The van der Waals surface area contributed by atoms with Gasteiger partial charge >= 0.3 is 0 Å². The lowest BCUT2D eigenvalue weighted by Gasteiger charge is -2.27. The first-order valence-electron chi connectivity index (χ1n) is 13.5. The normalized spacial score (nSPS) is 10.9. The molecule has 0 bridgehead atoms. The summed E-state index contributed by atoms with van der Waals surface area (Å²) in [4.78, 5) is 28.6. The molecule has 3 aromatic heterocycles. The SMILES string of the molecule is CCC(=O)c1cc(C)c(-c2cc3cnc(N)cc3nc2N(Cc2ccc(OC)cc2)Cc2ccc(OC)cc2)cn1. The number of benzene rings is 2. The fourth-order valence-electron chi connectivity index (χ4n) is 4.79. The molecule has 0 saturated heterocycles. The van der Waals surface area contributed by atoms with Gasteiger partial charge in [0, 0.05) is 54.5 Å². The number of hydrogen-bond donors (Lipinski definition) is 1. The van der Waals surface area contributed by atoms with E-state index in [1.54, 1.807) is 32.7 Å². The lowest BCUT2D eigenvalue weighted by atomic mass is 9.99. The van der Waals surface area contributed by atoms with Crippen LogP contribution in [-0.4, -0.2) is 35.0 Å². The molecule has 2 aromatic carbocycles. The Morgan fingerprint density at radius 2 is 1.44 bits per heavy atom. The molecule has 3 heterocycles. The third-order valence-corrected chi connectivity index (χ3v) is 7.07. The molecule has 0 atom stereocenters. The van der Waals surface area contributed by atoms with Gasteiger partial charge < -0.3 is 20.1 Å². The third kappa shape index (κ3) is 6.11. The van der Waals surface area contributed by atoms with Crippen LogP contribution in [0.2, 0.25) is 0 Å². The number of pyridine rings is 3. The number of ether oxygens (including phenoxy) is 2. The van der Waals surface area contributed by atoms with E-state index in [-0.39, 0.29) is 5.78 Å². The molecule has 0 fully saturated rings. The van der Waals surface area contributed by atoms with Gasteiger partial charge in [0.2, 0.25) is 0 Å². The number of fused-ring (bicyclic) bond motifs is 1. The van der Waals surface area contributed by atoms with Gasteiger partial charge in [0.25, 0.3) is 0 Å². The Labute approximate surface area is 239 Å². The largest absolute Gasteiger partial charge is 0.497 e. The number of Topliss-reactive ketones (excluding diaryl/α,β-unsaturated/α-hetero) is 1. The van der Waals surface area contributed by atoms with Crippen molar-refractivity contribution in [2.75, 3.05) is 24.9 Å². The molecule has 5 aromatic rings. The molecule has 5 rings (SSSR count). The predicted octanol–water partition coefficient (Wildman–Crippen LogP) is 6.40. The van der Waals surface area contributed by atoms with E-state index in [1.165, 1.54) is 0 Å². The summed E-state index contributed by atoms with van der Waals surface area (Å²) >= 11 is 0. The topological polar surface area (TPSA) is 103 Å². The van der Waals surface area contributed by atoms with E-state index in [4.69, 9.17) is 20.2 Å². The number of nitrogens with zero attached hydrogens (tertiary/aromatic N) is 4. The molecule has 0 aliphatic rings. The van der Waals surface area contributed by atoms with Crippen molar-refractivity contribution >= 4 is 28.3 Å². The molecule has 0 saturated carbocycles. The Hall–Kier alpha value is -4.98. The first-order chi connectivity index (χ1) is 19.9. The quantitative estimate of drug-likeness (QED) is 0.200. The standard InChI is InChI=1S/C33H33N5O3/c1-5-31(39)30-14-21(2)28(18-35-30)27-15-24-17-36-32(34)16-29(24)37-33(27)38(19-22-6-10-25(40-3)11-7-22)20-23-8-12-26(41-4)13-9-23/h6-18H,5,19-20H2,1-4H3,(H2,34,36). The van der Waals surface area contributed by atoms with Crippen molar-refractivity contribution < 1.29 is 14.3 Å². The number of hydrogen-bond acceptors (Lipinski definition) is 8. The summed E-state index contributed by atoms with van der Waals surface area (Å²) in [7, 11) is 3.32. The summed E-state index contributed by atoms with van der Waals surface area (Å²) in [5.41, 5.74) is 12.2. The fourth-order valence-corrected chi connectivity index (χ4v) is 4.79. The minimum Gasteiger partial charge on any atom is -0.497 e. The lowest BCUT2D eigenvalue weighted by molar-refractivity contribution is 0.0983. The maximum atomic E-state index is 12.4. The highest BCUT2D eigenvalue weighted by atomic mass is 16.5. The highest BCUT2D eigenvalue weighted by Crippen LogP contribution is 2.36. The Morgan fingerprint density at radius 3 is 1.98 bits per heavy atom. The summed E-state index contributed by atoms with van der Waals surface area (Å²) < 4.78 is 10.7. The van der Waals surface area contributed by atoms with Crippen LogP contribution in [0.5, 0.6) is 11.5 Å². The van der Waals surface area contributed by atoms with Crippen LogP contribution in [0.3, 0.4) is 0 Å². The van der Waals surface area contributed by atoms with Gasteiger partial charge in [-0.15, -0.1) is 0 Å². The highest BCUT2D eigenvalue weighted by Gasteiger charge is 2.20. The molecule has 0 spiro atoms. The van der Waals surface area contributed by atoms with Crippen LogP contribution in [0.1, 0.15) is 40.5 Å². The van der Waals surface area contributed by atoms with E-state index in [0.29, 0.717) is 31.0 Å². The third-order valence-electron chi connectivity index (χ3n) is 7.07. The van der Waals surface area contributed by atoms with E-state index in [1.807, 2.05) is 44.2 Å². The number of carbonyl (C=O) groups excluding carboxylic acids is 1. The van der Waals surface area contributed by atoms with Crippen LogP contribution in [0.25, 0.3) is 22.0 Å². The van der Waals surface area contributed by atoms with E-state index < -0.39 is 0 Å². The minimum absolute atomic E-state index is 0.0109. The maximum Gasteiger partial charge on any atom is 0.180 e. The number of aromatic nitrogens is 3. The lowest BCUT2D eigenvalue weighted by Crippen LogP contribution is -2.24. The molecule has 208 valence electrons. The van der Waals surface area contributed by atoms with Crippen LogP contribution in [-0.2, 0) is 13.1 Å². The van der Waals surface area contributed by atoms with Crippen molar-refractivity contribution in [3.63, 3.8) is 0 Å². The van der Waals surface area contributed by atoms with Gasteiger partial charge in [-0.05, 0) is 60.0 Å². The van der Waals surface area contributed by atoms with Crippen LogP contribution in [0.4, 0.5) is 11.6 Å². The molecule has 41 heavy (non-hydrogen) atoms. The number of nitrogens with two attached hydrogens (primary N) is 1. The van der Waals surface area contributed by atoms with Gasteiger partial charge in [0.05, 0.1) is 19.7 Å². The average molecular weight is 548 g/mol. The zero-order chi connectivity index (χ0) is 28.9. The van der Waals surface area contributed by atoms with Gasteiger partial charge in [-0.25, -0.2) is 9.97 Å². The molecule has 8 heteroatoms. The average Bonchev–Trinajstić information content (AvgIpc) is 3.00. The number of nitrogen functional groups attached to an aromatic ring is 1. The molecule has 0 aliphatic carbocycles. The number of rotatable bonds is 10. The number of anilines is 2. The van der Waals surface area contributed by atoms with Gasteiger partial charge in [0.15, 0.2) is 5.78 Å². The molecule has 0 aliphatic heterocycles. The summed E-state index contributed by atoms with van der Waals surface area (Å²) in [5.74, 6) is 2.78. The smallest absolute Gasteiger partial charge is 0.180 e. The number of ketones is 1. The summed E-state index contributed by atoms with van der Waals surface area (Å²) in [6.07, 6.45) is 3.91. The van der Waals surface area contributed by atoms with Crippen LogP contribution in [0, 0.1) is 6.92 Å². The van der Waals surface area contributed by atoms with Crippen LogP contribution < -0.4 is 20.1 Å². The second-order valence-electron chi connectivity index (χ2n) is 9.87. The summed E-state index contributed by atoms with van der Waals surface area (Å²) in [6.45, 7) is 5.01. The summed E-state index contributed by atoms with van der Waals surface area (Å²) in [6, 6.07) is 21.8. The van der Waals surface area contributed by atoms with E-state index >= 15 is 0 Å². The van der Waals surface area contributed by atoms with E-state index in [0.717, 1.165) is 56.0 Å². The number of aryl methyl sites for hydroxylation is 1. The zero-order valence-electron chi connectivity index (χ0n) is 23.7. The monoisotopic (exact) mass is 547 g/mol. The number of methoxy groups -OCH3 is 2. The predicted molar refractivity (Wildman–Crippen MR) is 162 cm³/mol. The van der Waals surface area contributed by atoms with Gasteiger partial charge in [-0.2, -0.15) is 0 Å². The van der Waals surface area contributed by atoms with Crippen molar-refractivity contribution in [2.24, 2.45) is 0 Å². The fraction of sp³-hybridized carbons (Fsp3) is 0.212. The van der Waals surface area contributed by atoms with Crippen LogP contribution in [0.15, 0.2) is 79.1 Å². The van der Waals surface area contributed by atoms with Gasteiger partial charge in [-0.3, -0.25) is 9.78 Å². The van der Waals surface area contributed by atoms with Crippen molar-refractivity contribution in [3.05, 3.63) is 102 Å². The molecular weight excluding hydrogens is 514 g/mol. The Bertz CT molecular complexity index is 1640. The second-order valence-corrected chi connectivity index (χ2v) is 9.87. The maximum absolute atomic E-state index is 12.4. The van der Waals surface area contributed by atoms with E-state index in [2.05, 4.69) is 45.2 Å². The first kappa shape index (κ1) is 27.6. The first-order valence-corrected chi connectivity index (χ1v) is 13.5. The van der Waals surface area contributed by atoms with Crippen molar-refractivity contribution in [3.8, 4) is 22.6 Å². The Kier molecular flexibility index (Phi) is 8.10. The molecule has 8 nitrogen and oxygen atoms in total. The van der Waals surface area contributed by atoms with Crippen molar-refractivity contribution in [1.29, 1.82) is 0 Å². The molecular formula is C33H33N5O3. The van der Waals surface area contributed by atoms with Crippen molar-refractivity contribution in [2.45, 2.75) is 33.4 Å². The molecule has 0 unspecified atom stereocenters. The van der Waals surface area contributed by atoms with E-state index in [9.17, 15) is 4.79 Å². The summed E-state index contributed by atoms with van der Waals surface area (Å²) in [5, 5.41) is 0.861. The molecule has 2 N–H and O–H groups in total. The molecule has 0 amide bonds. The van der Waals surface area contributed by atoms with Crippen molar-refractivity contribution in [1.82, 2.24) is 15.0 Å². The number of carbonyl (C=O) groups is 1.